The van der Waals surface area contributed by atoms with Gasteiger partial charge in [0.05, 0.1) is 16.4 Å². The fourth-order valence-corrected chi connectivity index (χ4v) is 2.87. The number of rotatable bonds is 7. The van der Waals surface area contributed by atoms with Crippen LogP contribution in [0.2, 0.25) is 0 Å². The van der Waals surface area contributed by atoms with Crippen LogP contribution in [0.1, 0.15) is 23.7 Å². The molecular weight excluding hydrogens is 320 g/mol. The van der Waals surface area contributed by atoms with Gasteiger partial charge in [0.1, 0.15) is 0 Å². The molecule has 1 atom stereocenters. The summed E-state index contributed by atoms with van der Waals surface area (Å²) in [7, 11) is -1.19. The quantitative estimate of drug-likeness (QED) is 0.778. The Bertz CT molecular complexity index is 448. The number of carboxylic acids is 1. The topological polar surface area (TPSA) is 63.6 Å². The Balaban J connectivity index is 2.68. The summed E-state index contributed by atoms with van der Waals surface area (Å²) in [5, 5.41) is 8.97. The van der Waals surface area contributed by atoms with Gasteiger partial charge in [-0.05, 0) is 47.5 Å². The largest absolute Gasteiger partial charge is 0.478 e. The van der Waals surface area contributed by atoms with Crippen molar-refractivity contribution < 1.29 is 18.8 Å². The van der Waals surface area contributed by atoms with Crippen LogP contribution >= 0.6 is 15.9 Å². The molecule has 0 bridgehead atoms. The number of carbonyl (C=O) groups is 1. The van der Waals surface area contributed by atoms with E-state index in [0.717, 1.165) is 0 Å². The van der Waals surface area contributed by atoms with Crippen molar-refractivity contribution in [2.75, 3.05) is 19.0 Å². The zero-order valence-electron chi connectivity index (χ0n) is 10.0. The third-order valence-corrected chi connectivity index (χ3v) is 4.38. The molecule has 100 valence electrons. The number of aromatic carboxylic acids is 1. The zero-order valence-corrected chi connectivity index (χ0v) is 12.4. The molecule has 0 saturated carbocycles. The number of benzene rings is 1. The van der Waals surface area contributed by atoms with Crippen LogP contribution in [0.4, 0.5) is 0 Å². The van der Waals surface area contributed by atoms with Crippen molar-refractivity contribution in [1.29, 1.82) is 0 Å². The number of halogens is 1. The maximum atomic E-state index is 11.9. The first-order valence-corrected chi connectivity index (χ1v) is 7.66. The van der Waals surface area contributed by atoms with Crippen LogP contribution in [0.3, 0.4) is 0 Å². The Labute approximate surface area is 117 Å². The van der Waals surface area contributed by atoms with Gasteiger partial charge >= 0.3 is 5.97 Å². The minimum Gasteiger partial charge on any atom is -0.478 e. The van der Waals surface area contributed by atoms with Crippen molar-refractivity contribution >= 4 is 32.7 Å². The molecule has 0 amide bonds. The second kappa shape index (κ2) is 7.66. The van der Waals surface area contributed by atoms with Crippen LogP contribution < -0.4 is 0 Å². The van der Waals surface area contributed by atoms with E-state index in [1.807, 2.05) is 6.92 Å². The van der Waals surface area contributed by atoms with Crippen LogP contribution in [0.25, 0.3) is 0 Å². The Kier molecular flexibility index (Phi) is 6.52. The van der Waals surface area contributed by atoms with Crippen molar-refractivity contribution in [2.45, 2.75) is 18.2 Å². The van der Waals surface area contributed by atoms with Crippen LogP contribution in [0.15, 0.2) is 27.6 Å². The van der Waals surface area contributed by atoms with Crippen LogP contribution in [0, 0.1) is 0 Å². The van der Waals surface area contributed by atoms with E-state index in [9.17, 15) is 9.00 Å². The minimum absolute atomic E-state index is 0.130. The van der Waals surface area contributed by atoms with Gasteiger partial charge in [-0.3, -0.25) is 4.21 Å². The van der Waals surface area contributed by atoms with Crippen LogP contribution in [0.5, 0.6) is 0 Å². The number of carboxylic acid groups (broad SMARTS) is 1. The highest BCUT2D eigenvalue weighted by Gasteiger charge is 2.12. The van der Waals surface area contributed by atoms with E-state index in [2.05, 4.69) is 15.9 Å². The molecule has 0 spiro atoms. The molecule has 1 rings (SSSR count). The zero-order chi connectivity index (χ0) is 13.5. The highest BCUT2D eigenvalue weighted by atomic mass is 79.9. The molecule has 0 aliphatic rings. The molecule has 6 heteroatoms. The maximum absolute atomic E-state index is 11.9. The van der Waals surface area contributed by atoms with Crippen molar-refractivity contribution in [3.05, 3.63) is 28.2 Å². The average molecular weight is 335 g/mol. The second-order valence-corrected chi connectivity index (χ2v) is 5.97. The third kappa shape index (κ3) is 4.51. The van der Waals surface area contributed by atoms with Gasteiger partial charge in [0, 0.05) is 28.3 Å². The standard InChI is InChI=1S/C12H15BrO4S/c1-2-17-6-3-7-18(16)9-4-5-11(13)10(8-9)12(14)15/h4-5,8H,2-3,6-7H2,1H3,(H,14,15). The molecule has 0 aromatic heterocycles. The molecule has 1 aromatic carbocycles. The Morgan fingerprint density at radius 2 is 2.22 bits per heavy atom. The fraction of sp³-hybridized carbons (Fsp3) is 0.417. The normalized spacial score (nSPS) is 12.3. The van der Waals surface area contributed by atoms with E-state index < -0.39 is 16.8 Å². The molecule has 0 heterocycles. The lowest BCUT2D eigenvalue weighted by Gasteiger charge is -2.05. The summed E-state index contributed by atoms with van der Waals surface area (Å²) >= 11 is 3.15. The Morgan fingerprint density at radius 1 is 1.50 bits per heavy atom. The van der Waals surface area contributed by atoms with E-state index in [-0.39, 0.29) is 5.56 Å². The molecule has 0 saturated heterocycles. The van der Waals surface area contributed by atoms with E-state index in [0.29, 0.717) is 34.8 Å². The summed E-state index contributed by atoms with van der Waals surface area (Å²) in [5.41, 5.74) is 0.130. The molecule has 1 N–H and O–H groups in total. The maximum Gasteiger partial charge on any atom is 0.336 e. The van der Waals surface area contributed by atoms with E-state index in [1.165, 1.54) is 6.07 Å². The van der Waals surface area contributed by atoms with E-state index in [1.54, 1.807) is 12.1 Å². The summed E-state index contributed by atoms with van der Waals surface area (Å²) in [4.78, 5) is 11.5. The van der Waals surface area contributed by atoms with Crippen molar-refractivity contribution in [1.82, 2.24) is 0 Å². The van der Waals surface area contributed by atoms with Gasteiger partial charge in [-0.1, -0.05) is 0 Å². The summed E-state index contributed by atoms with van der Waals surface area (Å²) in [5.74, 6) is -0.559. The summed E-state index contributed by atoms with van der Waals surface area (Å²) < 4.78 is 17.6. The van der Waals surface area contributed by atoms with Gasteiger partial charge in [-0.15, -0.1) is 0 Å². The summed E-state index contributed by atoms with van der Waals surface area (Å²) in [6.07, 6.45) is 0.693. The smallest absolute Gasteiger partial charge is 0.336 e. The molecular formula is C12H15BrO4S. The lowest BCUT2D eigenvalue weighted by atomic mass is 10.2. The third-order valence-electron chi connectivity index (χ3n) is 2.25. The molecule has 0 radical (unpaired) electrons. The van der Waals surface area contributed by atoms with Gasteiger partial charge in [0.25, 0.3) is 0 Å². The number of ether oxygens (including phenoxy) is 1. The molecule has 1 unspecified atom stereocenters. The first kappa shape index (κ1) is 15.3. The van der Waals surface area contributed by atoms with Crippen molar-refractivity contribution in [3.63, 3.8) is 0 Å². The Morgan fingerprint density at radius 3 is 2.83 bits per heavy atom. The van der Waals surface area contributed by atoms with Gasteiger partial charge < -0.3 is 9.84 Å². The first-order valence-electron chi connectivity index (χ1n) is 5.55. The van der Waals surface area contributed by atoms with Gasteiger partial charge in [-0.2, -0.15) is 0 Å². The second-order valence-electron chi connectivity index (χ2n) is 3.55. The lowest BCUT2D eigenvalue weighted by Crippen LogP contribution is -2.05. The molecule has 0 fully saturated rings. The van der Waals surface area contributed by atoms with E-state index >= 15 is 0 Å². The minimum atomic E-state index is -1.19. The summed E-state index contributed by atoms with van der Waals surface area (Å²) in [6, 6.07) is 4.73. The predicted molar refractivity (Wildman–Crippen MR) is 73.5 cm³/mol. The highest BCUT2D eigenvalue weighted by molar-refractivity contribution is 9.10. The fourth-order valence-electron chi connectivity index (χ4n) is 1.36. The first-order chi connectivity index (χ1) is 8.56. The van der Waals surface area contributed by atoms with Crippen molar-refractivity contribution in [3.8, 4) is 0 Å². The summed E-state index contributed by atoms with van der Waals surface area (Å²) in [6.45, 7) is 3.13. The molecule has 0 aliphatic heterocycles. The SMILES string of the molecule is CCOCCCS(=O)c1ccc(Br)c(C(=O)O)c1. The molecule has 1 aromatic rings. The molecule has 4 nitrogen and oxygen atoms in total. The lowest BCUT2D eigenvalue weighted by molar-refractivity contribution is 0.0695. The van der Waals surface area contributed by atoms with Gasteiger partial charge in [-0.25, -0.2) is 4.79 Å². The predicted octanol–water partition coefficient (Wildman–Crippen LogP) is 2.68. The monoisotopic (exact) mass is 334 g/mol. The molecule has 18 heavy (non-hydrogen) atoms. The van der Waals surface area contributed by atoms with Crippen LogP contribution in [-0.2, 0) is 15.5 Å². The van der Waals surface area contributed by atoms with Gasteiger partial charge in [0.2, 0.25) is 0 Å². The number of hydrogen-bond acceptors (Lipinski definition) is 3. The Hall–Kier alpha value is -0.720. The number of hydrogen-bond donors (Lipinski definition) is 1. The van der Waals surface area contributed by atoms with Gasteiger partial charge in [0.15, 0.2) is 0 Å². The molecule has 0 aliphatic carbocycles. The van der Waals surface area contributed by atoms with Crippen molar-refractivity contribution in [2.24, 2.45) is 0 Å². The van der Waals surface area contributed by atoms with Crippen LogP contribution in [-0.4, -0.2) is 34.3 Å². The highest BCUT2D eigenvalue weighted by Crippen LogP contribution is 2.20. The van der Waals surface area contributed by atoms with E-state index in [4.69, 9.17) is 9.84 Å². The average Bonchev–Trinajstić information content (AvgIpc) is 2.34.